The predicted molar refractivity (Wildman–Crippen MR) is 100 cm³/mol. The summed E-state index contributed by atoms with van der Waals surface area (Å²) in [5.74, 6) is 0. The molecule has 3 nitrogen and oxygen atoms in total. The molecule has 2 aromatic heterocycles. The Kier molecular flexibility index (Phi) is 4.15. The van der Waals surface area contributed by atoms with Gasteiger partial charge in [-0.05, 0) is 76.0 Å². The summed E-state index contributed by atoms with van der Waals surface area (Å²) in [7, 11) is 0. The second-order valence-electron chi connectivity index (χ2n) is 6.28. The first kappa shape index (κ1) is 15.5. The second-order valence-corrected chi connectivity index (χ2v) is 7.07. The van der Waals surface area contributed by atoms with Gasteiger partial charge >= 0.3 is 0 Å². The van der Waals surface area contributed by atoms with Gasteiger partial charge in [0, 0.05) is 24.5 Å². The van der Waals surface area contributed by atoms with Crippen molar-refractivity contribution < 1.29 is 0 Å². The Labute approximate surface area is 149 Å². The molecule has 1 N–H and O–H groups in total. The maximum Gasteiger partial charge on any atom is 0.252 e. The van der Waals surface area contributed by atoms with Gasteiger partial charge in [-0.2, -0.15) is 0 Å². The van der Waals surface area contributed by atoms with E-state index in [1.165, 1.54) is 16.7 Å². The van der Waals surface area contributed by atoms with Crippen LogP contribution in [0, 0.1) is 0 Å². The van der Waals surface area contributed by atoms with Crippen molar-refractivity contribution in [1.82, 2.24) is 9.55 Å². The van der Waals surface area contributed by atoms with Crippen LogP contribution in [0.3, 0.4) is 0 Å². The van der Waals surface area contributed by atoms with E-state index in [-0.39, 0.29) is 5.56 Å². The molecule has 0 unspecified atom stereocenters. The third-order valence-electron chi connectivity index (χ3n) is 4.81. The molecule has 122 valence electrons. The van der Waals surface area contributed by atoms with Crippen molar-refractivity contribution >= 4 is 15.9 Å². The number of nitrogens with zero attached hydrogens (tertiary/aromatic N) is 1. The van der Waals surface area contributed by atoms with Gasteiger partial charge in [0.25, 0.3) is 5.56 Å². The van der Waals surface area contributed by atoms with Crippen LogP contribution in [0.15, 0.2) is 58.2 Å². The maximum absolute atomic E-state index is 12.7. The number of aryl methyl sites for hydroxylation is 2. The lowest BCUT2D eigenvalue weighted by atomic mass is 9.92. The first-order valence-corrected chi connectivity index (χ1v) is 9.16. The van der Waals surface area contributed by atoms with Gasteiger partial charge < -0.3 is 9.55 Å². The van der Waals surface area contributed by atoms with E-state index in [9.17, 15) is 4.79 Å². The number of nitrogens with one attached hydrogen (secondary N) is 1. The zero-order valence-electron chi connectivity index (χ0n) is 13.4. The fraction of sp³-hybridized carbons (Fsp3) is 0.250. The number of H-pyrrole nitrogens is 1. The van der Waals surface area contributed by atoms with E-state index < -0.39 is 0 Å². The topological polar surface area (TPSA) is 37.8 Å². The standard InChI is InChI=1S/C20H19BrN2O/c21-19-16-9-5-7-14-6-1-2-8-15(14)18(16)17(20(24)22-19)10-13-23-11-3-4-12-23/h1-4,6,8,11-12H,5,7,9-10,13H2,(H,22,24). The first-order chi connectivity index (χ1) is 11.7. The Hall–Kier alpha value is -2.07. The highest BCUT2D eigenvalue weighted by Crippen LogP contribution is 2.36. The van der Waals surface area contributed by atoms with Crippen molar-refractivity contribution in [3.63, 3.8) is 0 Å². The van der Waals surface area contributed by atoms with Crippen LogP contribution >= 0.6 is 15.9 Å². The van der Waals surface area contributed by atoms with Gasteiger partial charge in [0.2, 0.25) is 0 Å². The van der Waals surface area contributed by atoms with E-state index in [2.05, 4.69) is 49.7 Å². The summed E-state index contributed by atoms with van der Waals surface area (Å²) in [4.78, 5) is 15.7. The van der Waals surface area contributed by atoms with E-state index in [0.29, 0.717) is 0 Å². The van der Waals surface area contributed by atoms with Gasteiger partial charge in [0.1, 0.15) is 0 Å². The van der Waals surface area contributed by atoms with Gasteiger partial charge in [-0.25, -0.2) is 0 Å². The Morgan fingerprint density at radius 2 is 1.88 bits per heavy atom. The molecule has 3 aromatic rings. The van der Waals surface area contributed by atoms with E-state index in [1.54, 1.807) is 0 Å². The molecule has 0 saturated carbocycles. The molecule has 2 heterocycles. The molecule has 1 aromatic carbocycles. The summed E-state index contributed by atoms with van der Waals surface area (Å²) in [5, 5.41) is 0. The summed E-state index contributed by atoms with van der Waals surface area (Å²) >= 11 is 3.58. The number of fused-ring (bicyclic) bond motifs is 3. The van der Waals surface area contributed by atoms with Crippen LogP contribution in [0.5, 0.6) is 0 Å². The minimum atomic E-state index is 0.0180. The molecule has 0 amide bonds. The van der Waals surface area contributed by atoms with Crippen LogP contribution in [0.1, 0.15) is 23.1 Å². The molecule has 0 atom stereocenters. The van der Waals surface area contributed by atoms with Crippen molar-refractivity contribution in [3.8, 4) is 11.1 Å². The number of aromatic nitrogens is 2. The number of hydrogen-bond acceptors (Lipinski definition) is 1. The van der Waals surface area contributed by atoms with Crippen LogP contribution < -0.4 is 5.56 Å². The van der Waals surface area contributed by atoms with Gasteiger partial charge in [0.05, 0.1) is 4.60 Å². The highest BCUT2D eigenvalue weighted by molar-refractivity contribution is 9.10. The molecular formula is C20H19BrN2O. The van der Waals surface area contributed by atoms with Crippen molar-refractivity contribution in [1.29, 1.82) is 0 Å². The van der Waals surface area contributed by atoms with Crippen LogP contribution in [0.4, 0.5) is 0 Å². The first-order valence-electron chi connectivity index (χ1n) is 8.36. The third kappa shape index (κ3) is 2.75. The SMILES string of the molecule is O=c1[nH]c(Br)c2c(c1CCn1cccc1)-c1ccccc1CCC2. The van der Waals surface area contributed by atoms with E-state index in [0.717, 1.165) is 48.0 Å². The minimum Gasteiger partial charge on any atom is -0.354 e. The van der Waals surface area contributed by atoms with E-state index >= 15 is 0 Å². The van der Waals surface area contributed by atoms with Crippen molar-refractivity contribution in [2.45, 2.75) is 32.2 Å². The molecule has 1 aliphatic carbocycles. The Morgan fingerprint density at radius 1 is 1.08 bits per heavy atom. The van der Waals surface area contributed by atoms with Gasteiger partial charge in [-0.1, -0.05) is 24.3 Å². The molecule has 0 bridgehead atoms. The molecule has 0 radical (unpaired) electrons. The number of hydrogen-bond donors (Lipinski definition) is 1. The molecule has 0 spiro atoms. The van der Waals surface area contributed by atoms with Crippen molar-refractivity contribution in [2.24, 2.45) is 0 Å². The number of benzene rings is 1. The average Bonchev–Trinajstić information content (AvgIpc) is 3.02. The van der Waals surface area contributed by atoms with Crippen molar-refractivity contribution in [3.05, 3.63) is 80.4 Å². The molecule has 0 saturated heterocycles. The van der Waals surface area contributed by atoms with Gasteiger partial charge in [0.15, 0.2) is 0 Å². The Balaban J connectivity index is 1.88. The smallest absolute Gasteiger partial charge is 0.252 e. The zero-order valence-corrected chi connectivity index (χ0v) is 15.0. The molecule has 0 fully saturated rings. The number of pyridine rings is 1. The van der Waals surface area contributed by atoms with Gasteiger partial charge in [-0.15, -0.1) is 0 Å². The number of aromatic amines is 1. The largest absolute Gasteiger partial charge is 0.354 e. The molecule has 4 rings (SSSR count). The van der Waals surface area contributed by atoms with Gasteiger partial charge in [-0.3, -0.25) is 4.79 Å². The third-order valence-corrected chi connectivity index (χ3v) is 5.49. The fourth-order valence-corrected chi connectivity index (χ4v) is 4.23. The number of rotatable bonds is 3. The molecule has 0 aliphatic heterocycles. The quantitative estimate of drug-likeness (QED) is 0.672. The fourth-order valence-electron chi connectivity index (χ4n) is 3.65. The average molecular weight is 383 g/mol. The van der Waals surface area contributed by atoms with E-state index in [1.807, 2.05) is 24.5 Å². The zero-order chi connectivity index (χ0) is 16.5. The minimum absolute atomic E-state index is 0.0180. The summed E-state index contributed by atoms with van der Waals surface area (Å²) < 4.78 is 2.96. The summed E-state index contributed by atoms with van der Waals surface area (Å²) in [6.45, 7) is 0.812. The lowest BCUT2D eigenvalue weighted by Crippen LogP contribution is -2.18. The van der Waals surface area contributed by atoms with E-state index in [4.69, 9.17) is 0 Å². The van der Waals surface area contributed by atoms with Crippen LogP contribution in [-0.4, -0.2) is 9.55 Å². The summed E-state index contributed by atoms with van der Waals surface area (Å²) in [5.41, 5.74) is 5.86. The molecule has 4 heteroatoms. The highest BCUT2D eigenvalue weighted by atomic mass is 79.9. The normalized spacial score (nSPS) is 13.2. The number of halogens is 1. The van der Waals surface area contributed by atoms with Crippen LogP contribution in [0.2, 0.25) is 0 Å². The monoisotopic (exact) mass is 382 g/mol. The predicted octanol–water partition coefficient (Wildman–Crippen LogP) is 4.34. The Morgan fingerprint density at radius 3 is 2.71 bits per heavy atom. The lowest BCUT2D eigenvalue weighted by Gasteiger charge is -2.16. The van der Waals surface area contributed by atoms with Crippen LogP contribution in [0.25, 0.3) is 11.1 Å². The highest BCUT2D eigenvalue weighted by Gasteiger charge is 2.22. The van der Waals surface area contributed by atoms with Crippen LogP contribution in [-0.2, 0) is 25.8 Å². The van der Waals surface area contributed by atoms with Crippen molar-refractivity contribution in [2.75, 3.05) is 0 Å². The Bertz CT molecular complexity index is 925. The molecule has 24 heavy (non-hydrogen) atoms. The molecule has 1 aliphatic rings. The second kappa shape index (κ2) is 6.44. The summed E-state index contributed by atoms with van der Waals surface area (Å²) in [6.07, 6.45) is 7.96. The summed E-state index contributed by atoms with van der Waals surface area (Å²) in [6, 6.07) is 12.5. The maximum atomic E-state index is 12.7. The molecular weight excluding hydrogens is 364 g/mol. The lowest BCUT2D eigenvalue weighted by molar-refractivity contribution is 0.695.